The highest BCUT2D eigenvalue weighted by atomic mass is 16.5. The van der Waals surface area contributed by atoms with Crippen molar-refractivity contribution in [3.63, 3.8) is 0 Å². The summed E-state index contributed by atoms with van der Waals surface area (Å²) in [6.45, 7) is 10.3. The molecule has 1 saturated carbocycles. The van der Waals surface area contributed by atoms with Gasteiger partial charge < -0.3 is 10.1 Å². The van der Waals surface area contributed by atoms with Crippen molar-refractivity contribution in [3.05, 3.63) is 0 Å². The van der Waals surface area contributed by atoms with Crippen LogP contribution in [0.2, 0.25) is 0 Å². The number of rotatable bonds is 3. The first-order valence-electron chi connectivity index (χ1n) is 7.34. The SMILES string of the molecule is CC(C)C1CC(NC2CCC(C)(C)C2)CCO1. The maximum atomic E-state index is 5.84. The molecule has 1 aliphatic heterocycles. The Hall–Kier alpha value is -0.0800. The molecule has 1 heterocycles. The van der Waals surface area contributed by atoms with E-state index in [2.05, 4.69) is 33.0 Å². The predicted molar refractivity (Wildman–Crippen MR) is 72.2 cm³/mol. The summed E-state index contributed by atoms with van der Waals surface area (Å²) in [5.41, 5.74) is 0.556. The van der Waals surface area contributed by atoms with Gasteiger partial charge in [-0.05, 0) is 43.4 Å². The van der Waals surface area contributed by atoms with Gasteiger partial charge in [-0.25, -0.2) is 0 Å². The summed E-state index contributed by atoms with van der Waals surface area (Å²) in [5.74, 6) is 0.652. The van der Waals surface area contributed by atoms with E-state index < -0.39 is 0 Å². The van der Waals surface area contributed by atoms with E-state index in [1.807, 2.05) is 0 Å². The molecule has 2 heteroatoms. The van der Waals surface area contributed by atoms with E-state index in [4.69, 9.17) is 4.74 Å². The first-order valence-corrected chi connectivity index (χ1v) is 7.34. The monoisotopic (exact) mass is 239 g/mol. The zero-order valence-electron chi connectivity index (χ0n) is 12.0. The van der Waals surface area contributed by atoms with Crippen LogP contribution >= 0.6 is 0 Å². The second-order valence-electron chi connectivity index (χ2n) is 7.15. The van der Waals surface area contributed by atoms with Gasteiger partial charge in [0.15, 0.2) is 0 Å². The first-order chi connectivity index (χ1) is 7.96. The van der Waals surface area contributed by atoms with Crippen molar-refractivity contribution in [2.75, 3.05) is 6.61 Å². The Morgan fingerprint density at radius 1 is 1.18 bits per heavy atom. The van der Waals surface area contributed by atoms with E-state index >= 15 is 0 Å². The highest BCUT2D eigenvalue weighted by molar-refractivity contribution is 4.89. The van der Waals surface area contributed by atoms with Crippen molar-refractivity contribution >= 4 is 0 Å². The first kappa shape index (κ1) is 13.4. The van der Waals surface area contributed by atoms with Crippen LogP contribution in [0.25, 0.3) is 0 Å². The molecule has 2 aliphatic rings. The summed E-state index contributed by atoms with van der Waals surface area (Å²) in [6.07, 6.45) is 6.94. The van der Waals surface area contributed by atoms with E-state index in [1.54, 1.807) is 0 Å². The molecular weight excluding hydrogens is 210 g/mol. The van der Waals surface area contributed by atoms with E-state index in [0.29, 0.717) is 23.5 Å². The molecule has 0 radical (unpaired) electrons. The topological polar surface area (TPSA) is 21.3 Å². The third kappa shape index (κ3) is 3.69. The molecule has 0 bridgehead atoms. The lowest BCUT2D eigenvalue weighted by Crippen LogP contribution is -2.44. The Bertz CT molecular complexity index is 249. The third-order valence-corrected chi connectivity index (χ3v) is 4.50. The smallest absolute Gasteiger partial charge is 0.0612 e. The molecule has 1 N–H and O–H groups in total. The van der Waals surface area contributed by atoms with Crippen LogP contribution in [0.5, 0.6) is 0 Å². The van der Waals surface area contributed by atoms with Crippen LogP contribution in [-0.2, 0) is 4.74 Å². The third-order valence-electron chi connectivity index (χ3n) is 4.50. The van der Waals surface area contributed by atoms with Gasteiger partial charge in [0.25, 0.3) is 0 Å². The van der Waals surface area contributed by atoms with Crippen LogP contribution < -0.4 is 5.32 Å². The Kier molecular flexibility index (Phi) is 4.14. The fraction of sp³-hybridized carbons (Fsp3) is 1.00. The fourth-order valence-electron chi connectivity index (χ4n) is 3.36. The molecule has 2 nitrogen and oxygen atoms in total. The van der Waals surface area contributed by atoms with Crippen molar-refractivity contribution in [1.82, 2.24) is 5.32 Å². The average molecular weight is 239 g/mol. The Balaban J connectivity index is 1.79. The Morgan fingerprint density at radius 3 is 2.53 bits per heavy atom. The summed E-state index contributed by atoms with van der Waals surface area (Å²) in [6, 6.07) is 1.44. The maximum absolute atomic E-state index is 5.84. The van der Waals surface area contributed by atoms with Gasteiger partial charge in [0.05, 0.1) is 6.10 Å². The molecule has 17 heavy (non-hydrogen) atoms. The molecule has 1 saturated heterocycles. The van der Waals surface area contributed by atoms with Crippen molar-refractivity contribution < 1.29 is 4.74 Å². The maximum Gasteiger partial charge on any atom is 0.0612 e. The lowest BCUT2D eigenvalue weighted by molar-refractivity contribution is -0.0259. The van der Waals surface area contributed by atoms with Crippen LogP contribution in [0.1, 0.15) is 59.8 Å². The molecule has 1 aliphatic carbocycles. The minimum Gasteiger partial charge on any atom is -0.378 e. The van der Waals surface area contributed by atoms with Crippen LogP contribution in [0.3, 0.4) is 0 Å². The quantitative estimate of drug-likeness (QED) is 0.815. The van der Waals surface area contributed by atoms with Gasteiger partial charge in [-0.15, -0.1) is 0 Å². The molecule has 0 spiro atoms. The van der Waals surface area contributed by atoms with Crippen LogP contribution in [0.4, 0.5) is 0 Å². The van der Waals surface area contributed by atoms with Crippen LogP contribution in [0.15, 0.2) is 0 Å². The zero-order valence-corrected chi connectivity index (χ0v) is 12.0. The molecule has 2 fully saturated rings. The lowest BCUT2D eigenvalue weighted by Gasteiger charge is -2.34. The fourth-order valence-corrected chi connectivity index (χ4v) is 3.36. The van der Waals surface area contributed by atoms with Gasteiger partial charge in [0, 0.05) is 18.7 Å². The van der Waals surface area contributed by atoms with Crippen molar-refractivity contribution in [1.29, 1.82) is 0 Å². The largest absolute Gasteiger partial charge is 0.378 e. The Morgan fingerprint density at radius 2 is 1.94 bits per heavy atom. The number of ether oxygens (including phenoxy) is 1. The number of hydrogen-bond donors (Lipinski definition) is 1. The second-order valence-corrected chi connectivity index (χ2v) is 7.15. The molecule has 2 rings (SSSR count). The molecule has 0 aromatic carbocycles. The predicted octanol–water partition coefficient (Wildman–Crippen LogP) is 3.36. The molecule has 0 aromatic heterocycles. The van der Waals surface area contributed by atoms with Crippen LogP contribution in [0, 0.1) is 11.3 Å². The second kappa shape index (κ2) is 5.27. The standard InChI is InChI=1S/C15H29NO/c1-11(2)14-9-12(6-8-17-14)16-13-5-7-15(3,4)10-13/h11-14,16H,5-10H2,1-4H3. The van der Waals surface area contributed by atoms with E-state index in [9.17, 15) is 0 Å². The average Bonchev–Trinajstić information content (AvgIpc) is 2.58. The van der Waals surface area contributed by atoms with Gasteiger partial charge >= 0.3 is 0 Å². The molecule has 0 amide bonds. The molecule has 0 aromatic rings. The van der Waals surface area contributed by atoms with Crippen LogP contribution in [-0.4, -0.2) is 24.8 Å². The molecule has 100 valence electrons. The van der Waals surface area contributed by atoms with Crippen molar-refractivity contribution in [2.24, 2.45) is 11.3 Å². The summed E-state index contributed by atoms with van der Waals surface area (Å²) < 4.78 is 5.84. The number of hydrogen-bond acceptors (Lipinski definition) is 2. The van der Waals surface area contributed by atoms with Gasteiger partial charge in [0.2, 0.25) is 0 Å². The van der Waals surface area contributed by atoms with Crippen molar-refractivity contribution in [2.45, 2.75) is 78.0 Å². The minimum atomic E-state index is 0.468. The van der Waals surface area contributed by atoms with E-state index in [-0.39, 0.29) is 0 Å². The Labute approximate surface area is 107 Å². The van der Waals surface area contributed by atoms with Gasteiger partial charge in [0.1, 0.15) is 0 Å². The summed E-state index contributed by atoms with van der Waals surface area (Å²) in [4.78, 5) is 0. The van der Waals surface area contributed by atoms with Gasteiger partial charge in [-0.1, -0.05) is 27.7 Å². The summed E-state index contributed by atoms with van der Waals surface area (Å²) >= 11 is 0. The normalized spacial score (nSPS) is 37.6. The molecule has 3 unspecified atom stereocenters. The van der Waals surface area contributed by atoms with Gasteiger partial charge in [-0.3, -0.25) is 0 Å². The van der Waals surface area contributed by atoms with Crippen molar-refractivity contribution in [3.8, 4) is 0 Å². The number of nitrogens with one attached hydrogen (secondary N) is 1. The highest BCUT2D eigenvalue weighted by Crippen LogP contribution is 2.37. The lowest BCUT2D eigenvalue weighted by atomic mass is 9.91. The summed E-state index contributed by atoms with van der Waals surface area (Å²) in [5, 5.41) is 3.88. The summed E-state index contributed by atoms with van der Waals surface area (Å²) in [7, 11) is 0. The zero-order chi connectivity index (χ0) is 12.5. The van der Waals surface area contributed by atoms with E-state index in [1.165, 1.54) is 32.1 Å². The molecular formula is C15H29NO. The molecule has 3 atom stereocenters. The minimum absolute atomic E-state index is 0.468. The van der Waals surface area contributed by atoms with E-state index in [0.717, 1.165) is 12.6 Å². The highest BCUT2D eigenvalue weighted by Gasteiger charge is 2.33. The van der Waals surface area contributed by atoms with Gasteiger partial charge in [-0.2, -0.15) is 0 Å².